The number of fused-ring (bicyclic) bond motifs is 1. The van der Waals surface area contributed by atoms with E-state index in [9.17, 15) is 0 Å². The minimum absolute atomic E-state index is 0.634. The van der Waals surface area contributed by atoms with E-state index in [2.05, 4.69) is 56.6 Å². The van der Waals surface area contributed by atoms with Gasteiger partial charge < -0.3 is 19.9 Å². The maximum absolute atomic E-state index is 5.46. The molecule has 6 nitrogen and oxygen atoms in total. The fraction of sp³-hybridized carbons (Fsp3) is 0.217. The monoisotopic (exact) mass is 385 g/mol. The molecule has 146 valence electrons. The first-order valence-corrected chi connectivity index (χ1v) is 9.92. The lowest BCUT2D eigenvalue weighted by Gasteiger charge is -2.29. The molecule has 4 aromatic rings. The van der Waals surface area contributed by atoms with Gasteiger partial charge in [-0.2, -0.15) is 0 Å². The smallest absolute Gasteiger partial charge is 0.140 e. The van der Waals surface area contributed by atoms with Crippen LogP contribution in [0.4, 0.5) is 11.5 Å². The number of hydrogen-bond donors (Lipinski definition) is 2. The van der Waals surface area contributed by atoms with Crippen LogP contribution in [-0.4, -0.2) is 41.3 Å². The normalized spacial score (nSPS) is 14.3. The van der Waals surface area contributed by atoms with Crippen LogP contribution in [-0.2, 0) is 11.3 Å². The first kappa shape index (κ1) is 17.7. The fourth-order valence-electron chi connectivity index (χ4n) is 3.72. The highest BCUT2D eigenvalue weighted by atomic mass is 16.5. The van der Waals surface area contributed by atoms with Gasteiger partial charge in [0.25, 0.3) is 0 Å². The summed E-state index contributed by atoms with van der Waals surface area (Å²) in [5.74, 6) is 0.831. The SMILES string of the molecule is c1ccc(CNc2cc(-c3ccc(N4CCOCC4)cc3)c3cc[nH]c3n2)nc1. The number of H-pyrrole nitrogens is 1. The van der Waals surface area contributed by atoms with Crippen molar-refractivity contribution in [3.8, 4) is 11.1 Å². The number of benzene rings is 1. The molecule has 0 unspecified atom stereocenters. The van der Waals surface area contributed by atoms with E-state index in [0.29, 0.717) is 6.54 Å². The molecule has 1 aromatic carbocycles. The molecule has 1 aliphatic heterocycles. The van der Waals surface area contributed by atoms with E-state index in [4.69, 9.17) is 9.72 Å². The molecule has 1 aliphatic rings. The largest absolute Gasteiger partial charge is 0.378 e. The number of rotatable bonds is 5. The van der Waals surface area contributed by atoms with E-state index in [1.54, 1.807) is 6.20 Å². The van der Waals surface area contributed by atoms with Crippen LogP contribution in [0.2, 0.25) is 0 Å². The molecule has 0 radical (unpaired) electrons. The molecule has 0 bridgehead atoms. The Hall–Kier alpha value is -3.38. The molecule has 29 heavy (non-hydrogen) atoms. The second kappa shape index (κ2) is 7.93. The van der Waals surface area contributed by atoms with Crippen molar-refractivity contribution in [2.45, 2.75) is 6.54 Å². The predicted molar refractivity (Wildman–Crippen MR) is 116 cm³/mol. The molecule has 3 aromatic heterocycles. The summed E-state index contributed by atoms with van der Waals surface area (Å²) in [4.78, 5) is 14.7. The molecular formula is C23H23N5O. The zero-order valence-corrected chi connectivity index (χ0v) is 16.1. The number of morpholine rings is 1. The number of aromatic amines is 1. The number of aromatic nitrogens is 3. The molecule has 5 rings (SSSR count). The standard InChI is InChI=1S/C23H23N5O/c1-2-9-24-18(3-1)16-26-22-15-21(20-8-10-25-23(20)27-22)17-4-6-19(7-5-17)28-11-13-29-14-12-28/h1-10,15H,11-14,16H2,(H2,25,26,27). The van der Waals surface area contributed by atoms with Gasteiger partial charge in [-0.25, -0.2) is 4.98 Å². The molecule has 6 heteroatoms. The van der Waals surface area contributed by atoms with Crippen molar-refractivity contribution < 1.29 is 4.74 Å². The second-order valence-electron chi connectivity index (χ2n) is 7.12. The summed E-state index contributed by atoms with van der Waals surface area (Å²) in [5, 5.41) is 4.52. The lowest BCUT2D eigenvalue weighted by Crippen LogP contribution is -2.36. The Balaban J connectivity index is 1.43. The quantitative estimate of drug-likeness (QED) is 0.542. The van der Waals surface area contributed by atoms with Crippen LogP contribution in [0.5, 0.6) is 0 Å². The van der Waals surface area contributed by atoms with Gasteiger partial charge in [0.05, 0.1) is 25.5 Å². The van der Waals surface area contributed by atoms with Gasteiger partial charge in [-0.1, -0.05) is 18.2 Å². The Morgan fingerprint density at radius 3 is 2.69 bits per heavy atom. The Bertz CT molecular complexity index is 1090. The summed E-state index contributed by atoms with van der Waals surface area (Å²) in [6.45, 7) is 4.11. The molecule has 0 amide bonds. The average Bonchev–Trinajstić information content (AvgIpc) is 3.27. The topological polar surface area (TPSA) is 66.1 Å². The number of ether oxygens (including phenoxy) is 1. The van der Waals surface area contributed by atoms with E-state index < -0.39 is 0 Å². The first-order valence-electron chi connectivity index (χ1n) is 9.92. The van der Waals surface area contributed by atoms with Crippen molar-refractivity contribution >= 4 is 22.5 Å². The maximum Gasteiger partial charge on any atom is 0.140 e. The minimum atomic E-state index is 0.634. The lowest BCUT2D eigenvalue weighted by atomic mass is 10.0. The average molecular weight is 385 g/mol. The van der Waals surface area contributed by atoms with Crippen LogP contribution in [0.25, 0.3) is 22.2 Å². The molecule has 2 N–H and O–H groups in total. The zero-order chi connectivity index (χ0) is 19.5. The summed E-state index contributed by atoms with van der Waals surface area (Å²) < 4.78 is 5.46. The Morgan fingerprint density at radius 1 is 1.03 bits per heavy atom. The number of anilines is 2. The Morgan fingerprint density at radius 2 is 1.90 bits per heavy atom. The van der Waals surface area contributed by atoms with Crippen LogP contribution < -0.4 is 10.2 Å². The van der Waals surface area contributed by atoms with Crippen LogP contribution in [0, 0.1) is 0 Å². The van der Waals surface area contributed by atoms with Crippen LogP contribution in [0.15, 0.2) is 67.0 Å². The van der Waals surface area contributed by atoms with Crippen molar-refractivity contribution in [1.82, 2.24) is 15.0 Å². The van der Waals surface area contributed by atoms with Gasteiger partial charge in [-0.3, -0.25) is 4.98 Å². The number of hydrogen-bond acceptors (Lipinski definition) is 5. The third-order valence-electron chi connectivity index (χ3n) is 5.26. The summed E-state index contributed by atoms with van der Waals surface area (Å²) >= 11 is 0. The lowest BCUT2D eigenvalue weighted by molar-refractivity contribution is 0.122. The molecule has 0 spiro atoms. The number of nitrogens with one attached hydrogen (secondary N) is 2. The molecular weight excluding hydrogens is 362 g/mol. The van der Waals surface area contributed by atoms with Gasteiger partial charge in [0.2, 0.25) is 0 Å². The molecule has 0 aliphatic carbocycles. The Kier molecular flexibility index (Phi) is 4.84. The highest BCUT2D eigenvalue weighted by Crippen LogP contribution is 2.31. The summed E-state index contributed by atoms with van der Waals surface area (Å²) in [5.41, 5.74) is 5.44. The zero-order valence-electron chi connectivity index (χ0n) is 16.1. The van der Waals surface area contributed by atoms with E-state index in [-0.39, 0.29) is 0 Å². The van der Waals surface area contributed by atoms with Crippen molar-refractivity contribution in [2.24, 2.45) is 0 Å². The van der Waals surface area contributed by atoms with Gasteiger partial charge in [-0.05, 0) is 47.5 Å². The Labute approximate surface area is 169 Å². The molecule has 0 saturated carbocycles. The van der Waals surface area contributed by atoms with E-state index >= 15 is 0 Å². The van der Waals surface area contributed by atoms with Gasteiger partial charge in [-0.15, -0.1) is 0 Å². The van der Waals surface area contributed by atoms with Crippen molar-refractivity contribution in [3.05, 3.63) is 72.7 Å². The van der Waals surface area contributed by atoms with Gasteiger partial charge in [0, 0.05) is 36.6 Å². The van der Waals surface area contributed by atoms with Crippen LogP contribution in [0.1, 0.15) is 5.69 Å². The molecule has 1 saturated heterocycles. The van der Waals surface area contributed by atoms with E-state index in [1.807, 2.05) is 24.4 Å². The minimum Gasteiger partial charge on any atom is -0.378 e. The van der Waals surface area contributed by atoms with Crippen molar-refractivity contribution in [3.63, 3.8) is 0 Å². The third kappa shape index (κ3) is 3.79. The highest BCUT2D eigenvalue weighted by molar-refractivity contribution is 5.94. The van der Waals surface area contributed by atoms with Crippen molar-refractivity contribution in [1.29, 1.82) is 0 Å². The number of pyridine rings is 2. The van der Waals surface area contributed by atoms with Crippen LogP contribution in [0.3, 0.4) is 0 Å². The molecule has 4 heterocycles. The fourth-order valence-corrected chi connectivity index (χ4v) is 3.72. The van der Waals surface area contributed by atoms with Crippen LogP contribution >= 0.6 is 0 Å². The summed E-state index contributed by atoms with van der Waals surface area (Å²) in [6, 6.07) is 18.9. The highest BCUT2D eigenvalue weighted by Gasteiger charge is 2.13. The summed E-state index contributed by atoms with van der Waals surface area (Å²) in [6.07, 6.45) is 3.74. The summed E-state index contributed by atoms with van der Waals surface area (Å²) in [7, 11) is 0. The van der Waals surface area contributed by atoms with Crippen molar-refractivity contribution in [2.75, 3.05) is 36.5 Å². The van der Waals surface area contributed by atoms with E-state index in [0.717, 1.165) is 54.4 Å². The second-order valence-corrected chi connectivity index (χ2v) is 7.12. The molecule has 0 atom stereocenters. The molecule has 1 fully saturated rings. The van der Waals surface area contributed by atoms with Gasteiger partial charge in [0.15, 0.2) is 0 Å². The van der Waals surface area contributed by atoms with E-state index in [1.165, 1.54) is 11.3 Å². The first-order chi connectivity index (χ1) is 14.4. The maximum atomic E-state index is 5.46. The third-order valence-corrected chi connectivity index (χ3v) is 5.26. The van der Waals surface area contributed by atoms with Gasteiger partial charge in [0.1, 0.15) is 11.5 Å². The number of nitrogens with zero attached hydrogens (tertiary/aromatic N) is 3. The predicted octanol–water partition coefficient (Wildman–Crippen LogP) is 4.07. The van der Waals surface area contributed by atoms with Gasteiger partial charge >= 0.3 is 0 Å².